The predicted molar refractivity (Wildman–Crippen MR) is 84.3 cm³/mol. The lowest BCUT2D eigenvalue weighted by molar-refractivity contribution is 0.00578. The molecule has 1 aliphatic heterocycles. The van der Waals surface area contributed by atoms with E-state index in [-0.39, 0.29) is 11.2 Å². The number of aryl methyl sites for hydroxylation is 1. The number of ether oxygens (including phenoxy) is 2. The van der Waals surface area contributed by atoms with Crippen molar-refractivity contribution in [3.05, 3.63) is 23.8 Å². The van der Waals surface area contributed by atoms with Gasteiger partial charge in [-0.25, -0.2) is 0 Å². The molecule has 1 fully saturated rings. The van der Waals surface area contributed by atoms with Crippen LogP contribution in [-0.4, -0.2) is 38.6 Å². The van der Waals surface area contributed by atoms with E-state index in [0.717, 1.165) is 16.8 Å². The van der Waals surface area contributed by atoms with Crippen molar-refractivity contribution in [1.29, 1.82) is 0 Å². The van der Waals surface area contributed by atoms with Gasteiger partial charge in [-0.15, -0.1) is 0 Å². The third-order valence-electron chi connectivity index (χ3n) is 4.22. The summed E-state index contributed by atoms with van der Waals surface area (Å²) < 4.78 is 23.1. The van der Waals surface area contributed by atoms with E-state index in [2.05, 4.69) is 0 Å². The molecule has 0 unspecified atom stereocenters. The molecule has 0 saturated carbocycles. The van der Waals surface area contributed by atoms with Crippen LogP contribution in [0.25, 0.3) is 0 Å². The molecular weight excluding hydrogens is 267 g/mol. The molecule has 0 aliphatic carbocycles. The topological polar surface area (TPSA) is 36.9 Å². The average molecular weight is 292 g/mol. The molecule has 0 bridgehead atoms. The van der Waals surface area contributed by atoms with Gasteiger partial charge in [0, 0.05) is 12.6 Å². The smallest absolute Gasteiger partial charge is 0.492 e. The van der Waals surface area contributed by atoms with E-state index >= 15 is 0 Å². The van der Waals surface area contributed by atoms with E-state index in [4.69, 9.17) is 18.8 Å². The van der Waals surface area contributed by atoms with E-state index in [9.17, 15) is 0 Å². The standard InChI is InChI=1S/C16H25BO4/c1-12-7-8-13(14(11-12)19-10-9-18-6)17-20-15(2,3)16(4,5)21-17/h7-8,11H,9-10H2,1-6H3. The Labute approximate surface area is 127 Å². The van der Waals surface area contributed by atoms with E-state index < -0.39 is 7.12 Å². The molecule has 116 valence electrons. The van der Waals surface area contributed by atoms with Crippen LogP contribution in [-0.2, 0) is 14.0 Å². The Kier molecular flexibility index (Phi) is 4.66. The summed E-state index contributed by atoms with van der Waals surface area (Å²) in [5.74, 6) is 0.797. The number of rotatable bonds is 5. The highest BCUT2D eigenvalue weighted by molar-refractivity contribution is 6.63. The quantitative estimate of drug-likeness (QED) is 0.616. The highest BCUT2D eigenvalue weighted by Gasteiger charge is 2.52. The molecule has 1 aliphatic rings. The minimum absolute atomic E-state index is 0.355. The second kappa shape index (κ2) is 5.99. The minimum Gasteiger partial charge on any atom is -0.492 e. The molecule has 4 nitrogen and oxygen atoms in total. The molecule has 1 aromatic rings. The summed E-state index contributed by atoms with van der Waals surface area (Å²) in [6, 6.07) is 6.07. The van der Waals surface area contributed by atoms with Crippen LogP contribution in [0.1, 0.15) is 33.3 Å². The first kappa shape index (κ1) is 16.3. The van der Waals surface area contributed by atoms with Crippen LogP contribution in [0.4, 0.5) is 0 Å². The summed E-state index contributed by atoms with van der Waals surface area (Å²) in [6.07, 6.45) is 0. The summed E-state index contributed by atoms with van der Waals surface area (Å²) in [6.45, 7) is 11.3. The first-order valence-corrected chi connectivity index (χ1v) is 7.35. The zero-order valence-corrected chi connectivity index (χ0v) is 13.9. The molecule has 0 aromatic heterocycles. The van der Waals surface area contributed by atoms with Crippen molar-refractivity contribution in [2.45, 2.75) is 45.8 Å². The summed E-state index contributed by atoms with van der Waals surface area (Å²) in [5, 5.41) is 0. The lowest BCUT2D eigenvalue weighted by Crippen LogP contribution is -2.41. The van der Waals surface area contributed by atoms with Crippen molar-refractivity contribution in [3.8, 4) is 5.75 Å². The molecule has 0 amide bonds. The molecule has 1 saturated heterocycles. The maximum atomic E-state index is 6.10. The van der Waals surface area contributed by atoms with Crippen LogP contribution in [0.2, 0.25) is 0 Å². The molecule has 2 rings (SSSR count). The Morgan fingerprint density at radius 3 is 2.24 bits per heavy atom. The van der Waals surface area contributed by atoms with Crippen LogP contribution in [0.15, 0.2) is 18.2 Å². The Hall–Kier alpha value is -1.04. The largest absolute Gasteiger partial charge is 0.498 e. The van der Waals surface area contributed by atoms with Crippen LogP contribution >= 0.6 is 0 Å². The van der Waals surface area contributed by atoms with Gasteiger partial charge in [-0.05, 0) is 46.2 Å². The predicted octanol–water partition coefficient (Wildman–Crippen LogP) is 2.32. The molecule has 0 spiro atoms. The number of hydrogen-bond donors (Lipinski definition) is 0. The molecule has 0 radical (unpaired) electrons. The second-order valence-corrected chi connectivity index (χ2v) is 6.47. The monoisotopic (exact) mass is 292 g/mol. The van der Waals surface area contributed by atoms with Crippen molar-refractivity contribution < 1.29 is 18.8 Å². The Morgan fingerprint density at radius 2 is 1.67 bits per heavy atom. The van der Waals surface area contributed by atoms with Crippen molar-refractivity contribution in [1.82, 2.24) is 0 Å². The van der Waals surface area contributed by atoms with Crippen molar-refractivity contribution >= 4 is 12.6 Å². The lowest BCUT2D eigenvalue weighted by atomic mass is 9.78. The highest BCUT2D eigenvalue weighted by atomic mass is 16.7. The molecule has 1 aromatic carbocycles. The van der Waals surface area contributed by atoms with Gasteiger partial charge in [0.05, 0.1) is 17.8 Å². The first-order chi connectivity index (χ1) is 9.77. The zero-order valence-electron chi connectivity index (χ0n) is 13.9. The number of benzene rings is 1. The third kappa shape index (κ3) is 3.42. The molecule has 0 atom stereocenters. The summed E-state index contributed by atoms with van der Waals surface area (Å²) in [4.78, 5) is 0. The van der Waals surface area contributed by atoms with Gasteiger partial charge in [-0.3, -0.25) is 0 Å². The second-order valence-electron chi connectivity index (χ2n) is 6.47. The van der Waals surface area contributed by atoms with Gasteiger partial charge in [0.15, 0.2) is 0 Å². The maximum absolute atomic E-state index is 6.10. The summed E-state index contributed by atoms with van der Waals surface area (Å²) in [5.41, 5.74) is 1.36. The van der Waals surface area contributed by atoms with Crippen LogP contribution < -0.4 is 10.2 Å². The molecular formula is C16H25BO4. The average Bonchev–Trinajstić information content (AvgIpc) is 2.58. The molecule has 0 N–H and O–H groups in total. The van der Waals surface area contributed by atoms with E-state index in [1.807, 2.05) is 52.8 Å². The Morgan fingerprint density at radius 1 is 1.05 bits per heavy atom. The summed E-state index contributed by atoms with van der Waals surface area (Å²) >= 11 is 0. The molecule has 5 heteroatoms. The van der Waals surface area contributed by atoms with Gasteiger partial charge >= 0.3 is 7.12 Å². The van der Waals surface area contributed by atoms with Gasteiger partial charge in [0.25, 0.3) is 0 Å². The van der Waals surface area contributed by atoms with Crippen molar-refractivity contribution in [3.63, 3.8) is 0 Å². The normalized spacial score (nSPS) is 19.8. The van der Waals surface area contributed by atoms with E-state index in [1.165, 1.54) is 0 Å². The van der Waals surface area contributed by atoms with E-state index in [0.29, 0.717) is 13.2 Å². The summed E-state index contributed by atoms with van der Waals surface area (Å²) in [7, 11) is 1.25. The fourth-order valence-corrected chi connectivity index (χ4v) is 2.17. The van der Waals surface area contributed by atoms with Crippen LogP contribution in [0.3, 0.4) is 0 Å². The SMILES string of the molecule is COCCOc1cc(C)ccc1B1OC(C)(C)C(C)(C)O1. The molecule has 21 heavy (non-hydrogen) atoms. The third-order valence-corrected chi connectivity index (χ3v) is 4.22. The van der Waals surface area contributed by atoms with Crippen molar-refractivity contribution in [2.24, 2.45) is 0 Å². The Balaban J connectivity index is 2.24. The first-order valence-electron chi connectivity index (χ1n) is 7.35. The van der Waals surface area contributed by atoms with E-state index in [1.54, 1.807) is 7.11 Å². The van der Waals surface area contributed by atoms with Gasteiger partial charge < -0.3 is 18.8 Å². The highest BCUT2D eigenvalue weighted by Crippen LogP contribution is 2.37. The van der Waals surface area contributed by atoms with Gasteiger partial charge in [-0.2, -0.15) is 0 Å². The van der Waals surface area contributed by atoms with Gasteiger partial charge in [-0.1, -0.05) is 12.1 Å². The maximum Gasteiger partial charge on any atom is 0.498 e. The van der Waals surface area contributed by atoms with Gasteiger partial charge in [0.2, 0.25) is 0 Å². The minimum atomic E-state index is -0.409. The zero-order chi connectivity index (χ0) is 15.7. The Bertz CT molecular complexity index is 483. The van der Waals surface area contributed by atoms with Crippen LogP contribution in [0.5, 0.6) is 5.75 Å². The number of hydrogen-bond acceptors (Lipinski definition) is 4. The van der Waals surface area contributed by atoms with Crippen LogP contribution in [0, 0.1) is 6.92 Å². The van der Waals surface area contributed by atoms with Gasteiger partial charge in [0.1, 0.15) is 12.4 Å². The van der Waals surface area contributed by atoms with Crippen molar-refractivity contribution in [2.75, 3.05) is 20.3 Å². The number of methoxy groups -OCH3 is 1. The fraction of sp³-hybridized carbons (Fsp3) is 0.625. The fourth-order valence-electron chi connectivity index (χ4n) is 2.17. The lowest BCUT2D eigenvalue weighted by Gasteiger charge is -2.32. The molecule has 1 heterocycles.